The van der Waals surface area contributed by atoms with Crippen LogP contribution in [-0.4, -0.2) is 38.7 Å². The second-order valence-corrected chi connectivity index (χ2v) is 5.07. The summed E-state index contributed by atoms with van der Waals surface area (Å²) in [5.41, 5.74) is 6.37. The van der Waals surface area contributed by atoms with E-state index in [9.17, 15) is 9.59 Å². The van der Waals surface area contributed by atoms with Gasteiger partial charge in [-0.3, -0.25) is 9.59 Å². The standard InChI is InChI=1S/C16H24N2O4/c1-11(16(20)22-3)15(12-7-5-4-6-8-12)18-14(19)9-13(10-17)21-2/h4-8,11,13,15H,9-10,17H2,1-3H3,(H,18,19). The van der Waals surface area contributed by atoms with E-state index in [0.29, 0.717) is 0 Å². The molecular weight excluding hydrogens is 284 g/mol. The highest BCUT2D eigenvalue weighted by Crippen LogP contribution is 2.23. The number of esters is 1. The maximum Gasteiger partial charge on any atom is 0.310 e. The Morgan fingerprint density at radius 3 is 2.36 bits per heavy atom. The average molecular weight is 308 g/mol. The molecule has 0 saturated heterocycles. The van der Waals surface area contributed by atoms with E-state index in [0.717, 1.165) is 5.56 Å². The van der Waals surface area contributed by atoms with Crippen LogP contribution in [0.15, 0.2) is 30.3 Å². The van der Waals surface area contributed by atoms with Crippen LogP contribution in [0.2, 0.25) is 0 Å². The largest absolute Gasteiger partial charge is 0.469 e. The molecule has 0 aliphatic carbocycles. The third kappa shape index (κ3) is 5.13. The van der Waals surface area contributed by atoms with Gasteiger partial charge < -0.3 is 20.5 Å². The summed E-state index contributed by atoms with van der Waals surface area (Å²) < 4.78 is 9.89. The minimum absolute atomic E-state index is 0.143. The molecule has 0 aliphatic heterocycles. The van der Waals surface area contributed by atoms with E-state index in [1.807, 2.05) is 30.3 Å². The lowest BCUT2D eigenvalue weighted by molar-refractivity contribution is -0.146. The molecule has 0 aromatic heterocycles. The van der Waals surface area contributed by atoms with Crippen molar-refractivity contribution >= 4 is 11.9 Å². The predicted octanol–water partition coefficient (Wildman–Crippen LogP) is 1.02. The van der Waals surface area contributed by atoms with Crippen molar-refractivity contribution in [2.45, 2.75) is 25.5 Å². The zero-order valence-corrected chi connectivity index (χ0v) is 13.2. The molecule has 0 saturated carbocycles. The summed E-state index contributed by atoms with van der Waals surface area (Å²) in [6.45, 7) is 1.98. The highest BCUT2D eigenvalue weighted by atomic mass is 16.5. The maximum atomic E-state index is 12.2. The van der Waals surface area contributed by atoms with Crippen molar-refractivity contribution in [1.82, 2.24) is 5.32 Å². The van der Waals surface area contributed by atoms with E-state index >= 15 is 0 Å². The Labute approximate surface area is 131 Å². The van der Waals surface area contributed by atoms with Crippen molar-refractivity contribution in [1.29, 1.82) is 0 Å². The summed E-state index contributed by atoms with van der Waals surface area (Å²) in [6, 6.07) is 8.85. The Kier molecular flexibility index (Phi) is 7.56. The number of carbonyl (C=O) groups excluding carboxylic acids is 2. The van der Waals surface area contributed by atoms with E-state index in [1.165, 1.54) is 14.2 Å². The molecule has 122 valence electrons. The summed E-state index contributed by atoms with van der Waals surface area (Å²) in [7, 11) is 2.84. The quantitative estimate of drug-likeness (QED) is 0.700. The number of amides is 1. The zero-order chi connectivity index (χ0) is 16.5. The SMILES string of the molecule is COC(=O)C(C)C(NC(=O)CC(CN)OC)c1ccccc1. The summed E-state index contributed by atoms with van der Waals surface area (Å²) in [6.07, 6.45) is -0.200. The normalized spacial score (nSPS) is 14.7. The van der Waals surface area contributed by atoms with Gasteiger partial charge in [-0.15, -0.1) is 0 Å². The maximum absolute atomic E-state index is 12.2. The molecule has 1 rings (SSSR count). The van der Waals surface area contributed by atoms with Crippen LogP contribution in [0.3, 0.4) is 0 Å². The lowest BCUT2D eigenvalue weighted by Gasteiger charge is -2.25. The molecule has 6 heteroatoms. The van der Waals surface area contributed by atoms with Gasteiger partial charge >= 0.3 is 5.97 Å². The lowest BCUT2D eigenvalue weighted by atomic mass is 9.94. The van der Waals surface area contributed by atoms with Crippen LogP contribution in [0.1, 0.15) is 24.9 Å². The molecule has 0 fully saturated rings. The first-order valence-electron chi connectivity index (χ1n) is 7.18. The Morgan fingerprint density at radius 2 is 1.86 bits per heavy atom. The lowest BCUT2D eigenvalue weighted by Crippen LogP contribution is -2.38. The van der Waals surface area contributed by atoms with E-state index in [1.54, 1.807) is 6.92 Å². The van der Waals surface area contributed by atoms with Gasteiger partial charge in [0.1, 0.15) is 0 Å². The van der Waals surface area contributed by atoms with Crippen molar-refractivity contribution in [3.05, 3.63) is 35.9 Å². The summed E-state index contributed by atoms with van der Waals surface area (Å²) in [5.74, 6) is -1.10. The second kappa shape index (κ2) is 9.17. The van der Waals surface area contributed by atoms with Gasteiger partial charge in [-0.1, -0.05) is 30.3 Å². The van der Waals surface area contributed by atoms with E-state index in [2.05, 4.69) is 5.32 Å². The highest BCUT2D eigenvalue weighted by Gasteiger charge is 2.28. The van der Waals surface area contributed by atoms with Crippen molar-refractivity contribution in [2.75, 3.05) is 20.8 Å². The molecular formula is C16H24N2O4. The number of ether oxygens (including phenoxy) is 2. The minimum Gasteiger partial charge on any atom is -0.469 e. The smallest absolute Gasteiger partial charge is 0.310 e. The first kappa shape index (κ1) is 18.1. The Balaban J connectivity index is 2.87. The van der Waals surface area contributed by atoms with Gasteiger partial charge in [0, 0.05) is 13.7 Å². The van der Waals surface area contributed by atoms with Crippen LogP contribution >= 0.6 is 0 Å². The predicted molar refractivity (Wildman–Crippen MR) is 83.0 cm³/mol. The molecule has 3 atom stereocenters. The molecule has 3 unspecified atom stereocenters. The van der Waals surface area contributed by atoms with Gasteiger partial charge in [0.2, 0.25) is 5.91 Å². The van der Waals surface area contributed by atoms with Crippen LogP contribution in [-0.2, 0) is 19.1 Å². The van der Waals surface area contributed by atoms with Crippen LogP contribution in [0.4, 0.5) is 0 Å². The molecule has 0 spiro atoms. The molecule has 1 aromatic carbocycles. The van der Waals surface area contributed by atoms with Crippen molar-refractivity contribution < 1.29 is 19.1 Å². The van der Waals surface area contributed by atoms with Gasteiger partial charge in [-0.25, -0.2) is 0 Å². The molecule has 3 N–H and O–H groups in total. The number of hydrogen-bond donors (Lipinski definition) is 2. The van der Waals surface area contributed by atoms with Gasteiger partial charge in [-0.2, -0.15) is 0 Å². The topological polar surface area (TPSA) is 90.7 Å². The average Bonchev–Trinajstić information content (AvgIpc) is 2.56. The Hall–Kier alpha value is -1.92. The van der Waals surface area contributed by atoms with Crippen LogP contribution in [0.5, 0.6) is 0 Å². The van der Waals surface area contributed by atoms with Crippen molar-refractivity contribution in [3.8, 4) is 0 Å². The van der Waals surface area contributed by atoms with E-state index in [4.69, 9.17) is 15.2 Å². The Morgan fingerprint density at radius 1 is 1.23 bits per heavy atom. The number of benzene rings is 1. The van der Waals surface area contributed by atoms with E-state index < -0.39 is 12.0 Å². The molecule has 0 bridgehead atoms. The van der Waals surface area contributed by atoms with Crippen LogP contribution < -0.4 is 11.1 Å². The van der Waals surface area contributed by atoms with Crippen molar-refractivity contribution in [3.63, 3.8) is 0 Å². The summed E-state index contributed by atoms with van der Waals surface area (Å²) in [5, 5.41) is 2.87. The van der Waals surface area contributed by atoms with Crippen molar-refractivity contribution in [2.24, 2.45) is 11.7 Å². The molecule has 0 aliphatic rings. The molecule has 22 heavy (non-hydrogen) atoms. The minimum atomic E-state index is -0.504. The number of rotatable bonds is 8. The summed E-state index contributed by atoms with van der Waals surface area (Å²) >= 11 is 0. The van der Waals surface area contributed by atoms with Gasteiger partial charge in [0.25, 0.3) is 0 Å². The third-order valence-electron chi connectivity index (χ3n) is 3.56. The van der Waals surface area contributed by atoms with E-state index in [-0.39, 0.29) is 30.9 Å². The zero-order valence-electron chi connectivity index (χ0n) is 13.2. The van der Waals surface area contributed by atoms with Gasteiger partial charge in [-0.05, 0) is 12.5 Å². The number of nitrogens with one attached hydrogen (secondary N) is 1. The molecule has 1 aromatic rings. The first-order valence-corrected chi connectivity index (χ1v) is 7.18. The Bertz CT molecular complexity index is 474. The number of nitrogens with two attached hydrogens (primary N) is 1. The molecule has 6 nitrogen and oxygen atoms in total. The third-order valence-corrected chi connectivity index (χ3v) is 3.56. The second-order valence-electron chi connectivity index (χ2n) is 5.07. The first-order chi connectivity index (χ1) is 10.5. The fourth-order valence-corrected chi connectivity index (χ4v) is 2.18. The molecule has 0 heterocycles. The monoisotopic (exact) mass is 308 g/mol. The number of carbonyl (C=O) groups is 2. The molecule has 0 radical (unpaired) electrons. The number of methoxy groups -OCH3 is 2. The summed E-state index contributed by atoms with van der Waals surface area (Å²) in [4.78, 5) is 24.0. The van der Waals surface area contributed by atoms with Crippen LogP contribution in [0.25, 0.3) is 0 Å². The molecule has 1 amide bonds. The fraction of sp³-hybridized carbons (Fsp3) is 0.500. The number of hydrogen-bond acceptors (Lipinski definition) is 5. The van der Waals surface area contributed by atoms with Crippen LogP contribution in [0, 0.1) is 5.92 Å². The fourth-order valence-electron chi connectivity index (χ4n) is 2.18. The van der Waals surface area contributed by atoms with Gasteiger partial charge in [0.05, 0.1) is 31.6 Å². The van der Waals surface area contributed by atoms with Gasteiger partial charge in [0.15, 0.2) is 0 Å². The highest BCUT2D eigenvalue weighted by molar-refractivity contribution is 5.79.